The molecule has 0 heterocycles. The summed E-state index contributed by atoms with van der Waals surface area (Å²) in [5, 5.41) is 1.33. The number of esters is 1. The summed E-state index contributed by atoms with van der Waals surface area (Å²) in [5.41, 5.74) is 0.332. The fraction of sp³-hybridized carbons (Fsp3) is 0.207. The molecule has 0 unspecified atom stereocenters. The molecule has 0 aliphatic heterocycles. The van der Waals surface area contributed by atoms with Crippen molar-refractivity contribution in [2.24, 2.45) is 0 Å². The fourth-order valence-electron chi connectivity index (χ4n) is 4.13. The van der Waals surface area contributed by atoms with Gasteiger partial charge in [-0.25, -0.2) is 9.18 Å². The highest BCUT2D eigenvalue weighted by Gasteiger charge is 2.43. The van der Waals surface area contributed by atoms with Crippen LogP contribution in [-0.2, 0) is 4.74 Å². The molecule has 4 rings (SSSR count). The van der Waals surface area contributed by atoms with Gasteiger partial charge >= 0.3 is 5.97 Å². The molecule has 0 saturated carbocycles. The average Bonchev–Trinajstić information content (AvgIpc) is 2.82. The minimum absolute atomic E-state index is 0.251. The van der Waals surface area contributed by atoms with E-state index in [9.17, 15) is 9.18 Å². The Morgan fingerprint density at radius 2 is 1.44 bits per heavy atom. The van der Waals surface area contributed by atoms with Crippen LogP contribution in [0.25, 0.3) is 10.8 Å². The van der Waals surface area contributed by atoms with Crippen LogP contribution in [-0.4, -0.2) is 17.3 Å². The molecule has 0 N–H and O–H groups in total. The molecule has 0 aromatic heterocycles. The zero-order valence-corrected chi connectivity index (χ0v) is 20.7. The number of fused-ring (bicyclic) bond motifs is 1. The van der Waals surface area contributed by atoms with Gasteiger partial charge in [-0.3, -0.25) is 0 Å². The number of carbonyl (C=O) groups is 1. The fourth-order valence-corrected chi connectivity index (χ4v) is 7.75. The number of rotatable bonds is 6. The third-order valence-electron chi connectivity index (χ3n) is 5.62. The Labute approximate surface area is 202 Å². The number of benzene rings is 4. The zero-order chi connectivity index (χ0) is 24.3. The molecule has 0 spiro atoms. The van der Waals surface area contributed by atoms with Crippen LogP contribution >= 0.6 is 10.3 Å². The highest BCUT2D eigenvalue weighted by molar-refractivity contribution is 8.31. The van der Waals surface area contributed by atoms with E-state index < -0.39 is 16.3 Å². The van der Waals surface area contributed by atoms with Gasteiger partial charge in [0.1, 0.15) is 11.6 Å². The van der Waals surface area contributed by atoms with E-state index in [1.165, 1.54) is 12.1 Å². The lowest BCUT2D eigenvalue weighted by Gasteiger charge is -2.50. The Hall–Kier alpha value is -3.31. The van der Waals surface area contributed by atoms with E-state index in [-0.39, 0.29) is 17.2 Å². The van der Waals surface area contributed by atoms with E-state index in [2.05, 4.69) is 45.0 Å². The lowest BCUT2D eigenvalue weighted by Crippen LogP contribution is -2.30. The lowest BCUT2D eigenvalue weighted by molar-refractivity contribution is 0.0526. The maximum atomic E-state index is 14.2. The molecular weight excluding hydrogens is 447 g/mol. The summed E-state index contributed by atoms with van der Waals surface area (Å²) in [7, 11) is -2.13. The smallest absolute Gasteiger partial charge is 0.338 e. The summed E-state index contributed by atoms with van der Waals surface area (Å²) in [6, 6.07) is 28.3. The van der Waals surface area contributed by atoms with Crippen molar-refractivity contribution in [3.63, 3.8) is 0 Å². The second-order valence-electron chi connectivity index (χ2n) is 8.94. The highest BCUT2D eigenvalue weighted by atomic mass is 32.3. The largest absolute Gasteiger partial charge is 0.462 e. The molecule has 0 amide bonds. The van der Waals surface area contributed by atoms with Gasteiger partial charge in [0.05, 0.1) is 12.2 Å². The minimum atomic E-state index is -2.13. The molecule has 5 heteroatoms. The molecule has 0 bridgehead atoms. The summed E-state index contributed by atoms with van der Waals surface area (Å²) in [6.07, 6.45) is 0. The first kappa shape index (κ1) is 23.8. The molecule has 176 valence electrons. The molecule has 0 aliphatic rings. The molecule has 0 fully saturated rings. The van der Waals surface area contributed by atoms with Gasteiger partial charge < -0.3 is 8.92 Å². The predicted molar refractivity (Wildman–Crippen MR) is 137 cm³/mol. The maximum Gasteiger partial charge on any atom is 0.338 e. The monoisotopic (exact) mass is 476 g/mol. The molecular formula is C29H29FO3S. The summed E-state index contributed by atoms with van der Waals surface area (Å²) in [5.74, 6) is -0.313. The SMILES string of the molecule is CCOC(=O)c1cc(OS(c2ccccc2)(c2ccccc2)C(C)(C)C)c2ccc(F)cc2c1. The first-order valence-corrected chi connectivity index (χ1v) is 12.8. The van der Waals surface area contributed by atoms with Gasteiger partial charge in [-0.1, -0.05) is 36.4 Å². The Kier molecular flexibility index (Phi) is 6.67. The van der Waals surface area contributed by atoms with Gasteiger partial charge in [0.2, 0.25) is 0 Å². The highest BCUT2D eigenvalue weighted by Crippen LogP contribution is 2.70. The molecule has 0 atom stereocenters. The first-order valence-electron chi connectivity index (χ1n) is 11.3. The van der Waals surface area contributed by atoms with E-state index in [0.29, 0.717) is 16.7 Å². The van der Waals surface area contributed by atoms with Gasteiger partial charge in [0, 0.05) is 19.9 Å². The minimum Gasteiger partial charge on any atom is -0.462 e. The number of ether oxygens (including phenoxy) is 1. The Bertz CT molecular complexity index is 1260. The van der Waals surface area contributed by atoms with E-state index in [4.69, 9.17) is 8.92 Å². The molecule has 4 aromatic rings. The van der Waals surface area contributed by atoms with E-state index in [0.717, 1.165) is 15.2 Å². The predicted octanol–water partition coefficient (Wildman–Crippen LogP) is 8.17. The third-order valence-corrected chi connectivity index (χ3v) is 9.64. The Balaban J connectivity index is 2.02. The topological polar surface area (TPSA) is 35.5 Å². The van der Waals surface area contributed by atoms with Gasteiger partial charge in [-0.2, -0.15) is 0 Å². The first-order chi connectivity index (χ1) is 16.3. The van der Waals surface area contributed by atoms with Crippen LogP contribution in [0.4, 0.5) is 4.39 Å². The van der Waals surface area contributed by atoms with Crippen LogP contribution in [0, 0.1) is 5.82 Å². The van der Waals surface area contributed by atoms with Crippen molar-refractivity contribution < 1.29 is 18.1 Å². The van der Waals surface area contributed by atoms with Crippen LogP contribution in [0.1, 0.15) is 38.1 Å². The molecule has 34 heavy (non-hydrogen) atoms. The van der Waals surface area contributed by atoms with E-state index in [1.54, 1.807) is 25.1 Å². The third kappa shape index (κ3) is 4.40. The van der Waals surface area contributed by atoms with Crippen LogP contribution in [0.15, 0.2) is 101 Å². The molecule has 0 saturated heterocycles. The zero-order valence-electron chi connectivity index (χ0n) is 19.9. The van der Waals surface area contributed by atoms with Gasteiger partial charge in [0.15, 0.2) is 0 Å². The number of hydrogen-bond donors (Lipinski definition) is 0. The molecule has 0 aliphatic carbocycles. The van der Waals surface area contributed by atoms with Crippen molar-refractivity contribution in [1.29, 1.82) is 0 Å². The summed E-state index contributed by atoms with van der Waals surface area (Å²) in [4.78, 5) is 14.8. The van der Waals surface area contributed by atoms with Crippen molar-refractivity contribution in [2.75, 3.05) is 6.61 Å². The van der Waals surface area contributed by atoms with Crippen molar-refractivity contribution in [2.45, 2.75) is 42.2 Å². The normalized spacial score (nSPS) is 12.4. The quantitative estimate of drug-likeness (QED) is 0.263. The standard InChI is InChI=1S/C29H29FO3S/c1-5-32-28(31)22-18-21-19-23(30)16-17-26(21)27(20-22)33-34(29(2,3)4,24-12-8-6-9-13-24)25-14-10-7-11-15-25/h6-20H,5H2,1-4H3. The van der Waals surface area contributed by atoms with E-state index >= 15 is 0 Å². The molecule has 4 aromatic carbocycles. The lowest BCUT2D eigenvalue weighted by atomic mass is 10.1. The van der Waals surface area contributed by atoms with E-state index in [1.807, 2.05) is 36.4 Å². The molecule has 0 radical (unpaired) electrons. The second kappa shape index (κ2) is 9.51. The van der Waals surface area contributed by atoms with Crippen LogP contribution in [0.5, 0.6) is 5.75 Å². The summed E-state index contributed by atoms with van der Waals surface area (Å²) in [6.45, 7) is 8.51. The van der Waals surface area contributed by atoms with Crippen molar-refractivity contribution in [1.82, 2.24) is 0 Å². The van der Waals surface area contributed by atoms with Crippen molar-refractivity contribution in [3.8, 4) is 5.75 Å². The summed E-state index contributed by atoms with van der Waals surface area (Å²) >= 11 is 0. The summed E-state index contributed by atoms with van der Waals surface area (Å²) < 4.78 is 26.2. The van der Waals surface area contributed by atoms with Crippen LogP contribution < -0.4 is 4.18 Å². The Morgan fingerprint density at radius 1 is 0.853 bits per heavy atom. The Morgan fingerprint density at radius 3 is 1.97 bits per heavy atom. The van der Waals surface area contributed by atoms with Crippen molar-refractivity contribution in [3.05, 3.63) is 102 Å². The van der Waals surface area contributed by atoms with Crippen LogP contribution in [0.3, 0.4) is 0 Å². The average molecular weight is 477 g/mol. The number of halogens is 1. The maximum absolute atomic E-state index is 14.2. The van der Waals surface area contributed by atoms with Crippen molar-refractivity contribution >= 4 is 27.1 Å². The van der Waals surface area contributed by atoms with Gasteiger partial charge in [-0.15, -0.1) is 0 Å². The van der Waals surface area contributed by atoms with Crippen LogP contribution in [0.2, 0.25) is 0 Å². The number of hydrogen-bond acceptors (Lipinski definition) is 3. The second-order valence-corrected chi connectivity index (χ2v) is 12.4. The van der Waals surface area contributed by atoms with Gasteiger partial charge in [-0.05, 0) is 98.0 Å². The molecule has 3 nitrogen and oxygen atoms in total. The van der Waals surface area contributed by atoms with Gasteiger partial charge in [0.25, 0.3) is 0 Å². The number of carbonyl (C=O) groups excluding carboxylic acids is 1.